The molecule has 0 radical (unpaired) electrons. The van der Waals surface area contributed by atoms with Crippen molar-refractivity contribution in [1.82, 2.24) is 15.5 Å². The molecule has 1 aliphatic heterocycles. The number of aliphatic imine (C=N–C) groups is 1. The Bertz CT molecular complexity index is 729. The van der Waals surface area contributed by atoms with Gasteiger partial charge in [-0.2, -0.15) is 0 Å². The molecular formula is C22H33N5O3. The predicted molar refractivity (Wildman–Crippen MR) is 117 cm³/mol. The zero-order valence-electron chi connectivity index (χ0n) is 17.6. The molecule has 8 nitrogen and oxygen atoms in total. The van der Waals surface area contributed by atoms with Crippen LogP contribution in [-0.4, -0.2) is 47.4 Å². The summed E-state index contributed by atoms with van der Waals surface area (Å²) in [5.41, 5.74) is 1.02. The lowest BCUT2D eigenvalue weighted by Gasteiger charge is -2.21. The number of carbonyl (C=O) groups excluding carboxylic acids is 1. The topological polar surface area (TPSA) is 99.9 Å². The van der Waals surface area contributed by atoms with Crippen LogP contribution >= 0.6 is 0 Å². The van der Waals surface area contributed by atoms with E-state index in [4.69, 9.17) is 4.99 Å². The van der Waals surface area contributed by atoms with Crippen molar-refractivity contribution < 1.29 is 9.72 Å². The summed E-state index contributed by atoms with van der Waals surface area (Å²) in [5, 5.41) is 17.7. The molecule has 1 aromatic carbocycles. The van der Waals surface area contributed by atoms with Gasteiger partial charge in [-0.05, 0) is 37.7 Å². The Morgan fingerprint density at radius 3 is 2.63 bits per heavy atom. The summed E-state index contributed by atoms with van der Waals surface area (Å²) in [6.07, 6.45) is 9.61. The fourth-order valence-electron chi connectivity index (χ4n) is 4.06. The average molecular weight is 416 g/mol. The van der Waals surface area contributed by atoms with Crippen molar-refractivity contribution in [3.05, 3.63) is 39.9 Å². The van der Waals surface area contributed by atoms with Crippen LogP contribution in [0.3, 0.4) is 0 Å². The van der Waals surface area contributed by atoms with Crippen molar-refractivity contribution >= 4 is 17.6 Å². The molecule has 1 heterocycles. The average Bonchev–Trinajstić information content (AvgIpc) is 3.17. The van der Waals surface area contributed by atoms with Gasteiger partial charge in [-0.3, -0.25) is 14.9 Å². The summed E-state index contributed by atoms with van der Waals surface area (Å²) in [5.74, 6) is 1.06. The van der Waals surface area contributed by atoms with E-state index in [2.05, 4.69) is 10.6 Å². The minimum absolute atomic E-state index is 0.0909. The number of carbonyl (C=O) groups is 1. The van der Waals surface area contributed by atoms with Gasteiger partial charge in [0.2, 0.25) is 5.91 Å². The Kier molecular flexibility index (Phi) is 8.47. The number of nitrogens with zero attached hydrogens (tertiary/aromatic N) is 3. The Morgan fingerprint density at radius 2 is 1.90 bits per heavy atom. The lowest BCUT2D eigenvalue weighted by Crippen LogP contribution is -2.43. The van der Waals surface area contributed by atoms with Gasteiger partial charge in [0.1, 0.15) is 0 Å². The molecule has 2 fully saturated rings. The minimum atomic E-state index is -0.392. The fourth-order valence-corrected chi connectivity index (χ4v) is 4.06. The van der Waals surface area contributed by atoms with Gasteiger partial charge in [0.15, 0.2) is 5.96 Å². The molecule has 1 aromatic rings. The van der Waals surface area contributed by atoms with Crippen molar-refractivity contribution in [3.63, 3.8) is 0 Å². The molecular weight excluding hydrogens is 382 g/mol. The van der Waals surface area contributed by atoms with Gasteiger partial charge in [0.25, 0.3) is 5.69 Å². The number of amides is 1. The molecule has 2 N–H and O–H groups in total. The number of nitrogens with one attached hydrogen (secondary N) is 2. The molecule has 0 unspecified atom stereocenters. The molecule has 0 bridgehead atoms. The lowest BCUT2D eigenvalue weighted by atomic mass is 10.2. The van der Waals surface area contributed by atoms with E-state index in [9.17, 15) is 14.9 Å². The maximum Gasteiger partial charge on any atom is 0.269 e. The monoisotopic (exact) mass is 415 g/mol. The van der Waals surface area contributed by atoms with E-state index in [1.165, 1.54) is 25.0 Å². The Morgan fingerprint density at radius 1 is 1.13 bits per heavy atom. The predicted octanol–water partition coefficient (Wildman–Crippen LogP) is 3.37. The second-order valence-electron chi connectivity index (χ2n) is 8.19. The van der Waals surface area contributed by atoms with Crippen LogP contribution in [0.25, 0.3) is 0 Å². The second-order valence-corrected chi connectivity index (χ2v) is 8.19. The molecule has 0 spiro atoms. The molecule has 164 valence electrons. The molecule has 30 heavy (non-hydrogen) atoms. The van der Waals surface area contributed by atoms with Gasteiger partial charge in [-0.25, -0.2) is 4.99 Å². The van der Waals surface area contributed by atoms with Gasteiger partial charge in [-0.1, -0.05) is 31.4 Å². The summed E-state index contributed by atoms with van der Waals surface area (Å²) in [6.45, 7) is 2.87. The first kappa shape index (κ1) is 22.1. The minimum Gasteiger partial charge on any atom is -0.356 e. The first-order valence-corrected chi connectivity index (χ1v) is 11.2. The third-order valence-corrected chi connectivity index (χ3v) is 5.83. The molecule has 1 saturated carbocycles. The van der Waals surface area contributed by atoms with Gasteiger partial charge in [0, 0.05) is 44.2 Å². The van der Waals surface area contributed by atoms with Gasteiger partial charge in [-0.15, -0.1) is 0 Å². The molecule has 1 aliphatic carbocycles. The molecule has 0 atom stereocenters. The molecule has 1 amide bonds. The SMILES string of the molecule is O=C1CCCCCN1CCCNC(=NCc1ccc([N+](=O)[O-])cc1)NC1CCCC1. The van der Waals surface area contributed by atoms with E-state index in [1.807, 2.05) is 4.90 Å². The number of benzene rings is 1. The zero-order chi connectivity index (χ0) is 21.2. The van der Waals surface area contributed by atoms with Crippen molar-refractivity contribution in [2.45, 2.75) is 70.4 Å². The van der Waals surface area contributed by atoms with Gasteiger partial charge < -0.3 is 15.5 Å². The molecule has 1 saturated heterocycles. The first-order chi connectivity index (χ1) is 14.6. The number of likely N-dealkylation sites (tertiary alicyclic amines) is 1. The maximum absolute atomic E-state index is 12.1. The van der Waals surface area contributed by atoms with E-state index in [0.29, 0.717) is 19.0 Å². The van der Waals surface area contributed by atoms with Crippen LogP contribution in [0.1, 0.15) is 63.4 Å². The quantitative estimate of drug-likeness (QED) is 0.223. The van der Waals surface area contributed by atoms with Crippen LogP contribution in [0.5, 0.6) is 0 Å². The third-order valence-electron chi connectivity index (χ3n) is 5.83. The van der Waals surface area contributed by atoms with Crippen molar-refractivity contribution in [2.75, 3.05) is 19.6 Å². The summed E-state index contributed by atoms with van der Waals surface area (Å²) in [6, 6.07) is 6.97. The van der Waals surface area contributed by atoms with E-state index in [0.717, 1.165) is 69.7 Å². The van der Waals surface area contributed by atoms with Crippen LogP contribution in [0.4, 0.5) is 5.69 Å². The number of nitro benzene ring substituents is 1. The summed E-state index contributed by atoms with van der Waals surface area (Å²) >= 11 is 0. The number of guanidine groups is 1. The highest BCUT2D eigenvalue weighted by Crippen LogP contribution is 2.18. The second kappa shape index (κ2) is 11.5. The van der Waals surface area contributed by atoms with E-state index in [1.54, 1.807) is 12.1 Å². The Labute approximate surface area is 178 Å². The molecule has 3 rings (SSSR count). The van der Waals surface area contributed by atoms with Crippen molar-refractivity contribution in [1.29, 1.82) is 0 Å². The normalized spacial score (nSPS) is 18.3. The van der Waals surface area contributed by atoms with Gasteiger partial charge >= 0.3 is 0 Å². The number of non-ortho nitro benzene ring substituents is 1. The summed E-state index contributed by atoms with van der Waals surface area (Å²) in [4.78, 5) is 29.2. The molecule has 2 aliphatic rings. The van der Waals surface area contributed by atoms with Crippen LogP contribution in [-0.2, 0) is 11.3 Å². The standard InChI is InChI=1S/C22H33N5O3/c28-21-9-2-1-5-15-26(21)16-6-14-23-22(25-19-7-3-4-8-19)24-17-18-10-12-20(13-11-18)27(29)30/h10-13,19H,1-9,14-17H2,(H2,23,24,25). The number of hydrogen-bond acceptors (Lipinski definition) is 4. The number of nitro groups is 1. The molecule has 8 heteroatoms. The van der Waals surface area contributed by atoms with Crippen LogP contribution in [0.2, 0.25) is 0 Å². The van der Waals surface area contributed by atoms with Crippen molar-refractivity contribution in [3.8, 4) is 0 Å². The number of hydrogen-bond donors (Lipinski definition) is 2. The first-order valence-electron chi connectivity index (χ1n) is 11.2. The fraction of sp³-hybridized carbons (Fsp3) is 0.636. The number of rotatable bonds is 8. The largest absolute Gasteiger partial charge is 0.356 e. The summed E-state index contributed by atoms with van der Waals surface area (Å²) in [7, 11) is 0. The van der Waals surface area contributed by atoms with Crippen LogP contribution in [0, 0.1) is 10.1 Å². The highest BCUT2D eigenvalue weighted by Gasteiger charge is 2.17. The lowest BCUT2D eigenvalue weighted by molar-refractivity contribution is -0.384. The highest BCUT2D eigenvalue weighted by atomic mass is 16.6. The highest BCUT2D eigenvalue weighted by molar-refractivity contribution is 5.80. The van der Waals surface area contributed by atoms with E-state index >= 15 is 0 Å². The maximum atomic E-state index is 12.1. The smallest absolute Gasteiger partial charge is 0.269 e. The van der Waals surface area contributed by atoms with Crippen LogP contribution in [0.15, 0.2) is 29.3 Å². The zero-order valence-corrected chi connectivity index (χ0v) is 17.6. The Balaban J connectivity index is 1.51. The third kappa shape index (κ3) is 7.00. The van der Waals surface area contributed by atoms with Crippen molar-refractivity contribution in [2.24, 2.45) is 4.99 Å². The summed E-state index contributed by atoms with van der Waals surface area (Å²) < 4.78 is 0. The Hall–Kier alpha value is -2.64. The molecule has 0 aromatic heterocycles. The van der Waals surface area contributed by atoms with E-state index < -0.39 is 4.92 Å². The van der Waals surface area contributed by atoms with Gasteiger partial charge in [0.05, 0.1) is 11.5 Å². The van der Waals surface area contributed by atoms with Crippen LogP contribution < -0.4 is 10.6 Å². The van der Waals surface area contributed by atoms with E-state index in [-0.39, 0.29) is 11.6 Å².